The first-order chi connectivity index (χ1) is 16.2. The van der Waals surface area contributed by atoms with Gasteiger partial charge in [0.15, 0.2) is 0 Å². The molecule has 1 aliphatic heterocycles. The maximum atomic E-state index is 13.3. The number of amides is 1. The Morgan fingerprint density at radius 1 is 1.00 bits per heavy atom. The largest absolute Gasteiger partial charge is 0.508 e. The highest BCUT2D eigenvalue weighted by atomic mass is 35.5. The summed E-state index contributed by atoms with van der Waals surface area (Å²) in [7, 11) is 0. The molecule has 0 radical (unpaired) electrons. The lowest BCUT2D eigenvalue weighted by atomic mass is 9.95. The molecule has 34 heavy (non-hydrogen) atoms. The number of ketones is 1. The highest BCUT2D eigenvalue weighted by molar-refractivity contribution is 6.52. The number of phenols is 1. The molecule has 1 aliphatic rings. The van der Waals surface area contributed by atoms with Gasteiger partial charge in [0.25, 0.3) is 11.7 Å². The summed E-state index contributed by atoms with van der Waals surface area (Å²) in [5.41, 5.74) is 0.553. The molecule has 1 atom stereocenters. The maximum Gasteiger partial charge on any atom is 0.300 e. The minimum atomic E-state index is -1.09. The number of nitrogens with zero attached hydrogens (tertiary/aromatic N) is 1. The predicted octanol–water partition coefficient (Wildman–Crippen LogP) is 6.38. The van der Waals surface area contributed by atoms with Crippen molar-refractivity contribution in [3.63, 3.8) is 0 Å². The Bertz CT molecular complexity index is 1320. The molecule has 1 fully saturated rings. The Kier molecular flexibility index (Phi) is 6.75. The standard InChI is InChI=1S/C25H18Cl3NO5/c1-2-34-18-6-7-20(28)19(12-18)23(31)21-22(13-4-3-5-17(30)8-13)29(25(33)24(21)32)16-10-14(26)9-15(27)11-16/h3-12,22,30-31H,2H2,1H3/b23-21+. The fraction of sp³-hybridized carbons (Fsp3) is 0.120. The molecule has 1 amide bonds. The van der Waals surface area contributed by atoms with Crippen molar-refractivity contribution in [3.05, 3.63) is 92.4 Å². The van der Waals surface area contributed by atoms with Gasteiger partial charge < -0.3 is 14.9 Å². The number of halogens is 3. The van der Waals surface area contributed by atoms with Crippen LogP contribution in [0.3, 0.4) is 0 Å². The van der Waals surface area contributed by atoms with E-state index in [2.05, 4.69) is 0 Å². The molecule has 6 nitrogen and oxygen atoms in total. The van der Waals surface area contributed by atoms with E-state index >= 15 is 0 Å². The van der Waals surface area contributed by atoms with Crippen molar-refractivity contribution in [1.29, 1.82) is 0 Å². The second-order valence-electron chi connectivity index (χ2n) is 7.47. The normalized spacial score (nSPS) is 17.3. The van der Waals surface area contributed by atoms with E-state index in [1.165, 1.54) is 47.4 Å². The van der Waals surface area contributed by atoms with E-state index < -0.39 is 23.5 Å². The molecule has 0 aromatic heterocycles. The van der Waals surface area contributed by atoms with Crippen LogP contribution in [0, 0.1) is 0 Å². The molecule has 0 saturated carbocycles. The van der Waals surface area contributed by atoms with Crippen LogP contribution in [0.2, 0.25) is 15.1 Å². The molecule has 4 rings (SSSR count). The van der Waals surface area contributed by atoms with Crippen LogP contribution in [0.4, 0.5) is 5.69 Å². The molecule has 3 aromatic rings. The quantitative estimate of drug-likeness (QED) is 0.233. The maximum absolute atomic E-state index is 13.3. The first-order valence-electron chi connectivity index (χ1n) is 10.2. The van der Waals surface area contributed by atoms with Crippen LogP contribution in [-0.4, -0.2) is 28.5 Å². The number of carbonyl (C=O) groups excluding carboxylic acids is 2. The van der Waals surface area contributed by atoms with E-state index in [4.69, 9.17) is 39.5 Å². The topological polar surface area (TPSA) is 87.1 Å². The van der Waals surface area contributed by atoms with Crippen LogP contribution in [0.25, 0.3) is 5.76 Å². The third-order valence-corrected chi connectivity index (χ3v) is 6.03. The van der Waals surface area contributed by atoms with Crippen molar-refractivity contribution < 1.29 is 24.5 Å². The third-order valence-electron chi connectivity index (χ3n) is 5.26. The fourth-order valence-electron chi connectivity index (χ4n) is 3.87. The van der Waals surface area contributed by atoms with Crippen molar-refractivity contribution in [2.45, 2.75) is 13.0 Å². The van der Waals surface area contributed by atoms with E-state index in [-0.39, 0.29) is 37.6 Å². The van der Waals surface area contributed by atoms with E-state index in [0.29, 0.717) is 17.9 Å². The summed E-state index contributed by atoms with van der Waals surface area (Å²) >= 11 is 18.6. The monoisotopic (exact) mass is 517 g/mol. The molecular formula is C25H18Cl3NO5. The minimum Gasteiger partial charge on any atom is -0.508 e. The zero-order valence-electron chi connectivity index (χ0n) is 17.8. The second kappa shape index (κ2) is 9.58. The van der Waals surface area contributed by atoms with Gasteiger partial charge in [0.2, 0.25) is 0 Å². The molecule has 0 bridgehead atoms. The first-order valence-corrected chi connectivity index (χ1v) is 11.3. The van der Waals surface area contributed by atoms with E-state index in [1.54, 1.807) is 25.1 Å². The van der Waals surface area contributed by atoms with Crippen molar-refractivity contribution in [1.82, 2.24) is 0 Å². The fourth-order valence-corrected chi connectivity index (χ4v) is 4.60. The Morgan fingerprint density at radius 2 is 1.71 bits per heavy atom. The van der Waals surface area contributed by atoms with E-state index in [1.807, 2.05) is 0 Å². The summed E-state index contributed by atoms with van der Waals surface area (Å²) in [6.45, 7) is 2.18. The SMILES string of the molecule is CCOc1ccc(Cl)c(/C(O)=C2\C(=O)C(=O)N(c3cc(Cl)cc(Cl)c3)C2c2cccc(O)c2)c1. The summed E-state index contributed by atoms with van der Waals surface area (Å²) in [5.74, 6) is -1.96. The molecule has 1 heterocycles. The number of rotatable bonds is 5. The Morgan fingerprint density at radius 3 is 2.35 bits per heavy atom. The smallest absolute Gasteiger partial charge is 0.300 e. The number of ether oxygens (including phenoxy) is 1. The molecule has 3 aromatic carbocycles. The van der Waals surface area contributed by atoms with Crippen LogP contribution in [0.1, 0.15) is 24.1 Å². The van der Waals surface area contributed by atoms with Gasteiger partial charge in [-0.15, -0.1) is 0 Å². The van der Waals surface area contributed by atoms with E-state index in [0.717, 1.165) is 0 Å². The number of anilines is 1. The number of hydrogen-bond donors (Lipinski definition) is 2. The van der Waals surface area contributed by atoms with Crippen LogP contribution >= 0.6 is 34.8 Å². The number of hydrogen-bond acceptors (Lipinski definition) is 5. The molecule has 0 aliphatic carbocycles. The number of aromatic hydroxyl groups is 1. The van der Waals surface area contributed by atoms with Gasteiger partial charge in [0, 0.05) is 21.3 Å². The van der Waals surface area contributed by atoms with Gasteiger partial charge in [0.1, 0.15) is 17.3 Å². The first kappa shape index (κ1) is 24.0. The average molecular weight is 519 g/mol. The number of aliphatic hydroxyl groups is 1. The summed E-state index contributed by atoms with van der Waals surface area (Å²) < 4.78 is 5.49. The predicted molar refractivity (Wildman–Crippen MR) is 132 cm³/mol. The van der Waals surface area contributed by atoms with Gasteiger partial charge in [-0.25, -0.2) is 0 Å². The van der Waals surface area contributed by atoms with Crippen molar-refractivity contribution >= 4 is 57.9 Å². The third kappa shape index (κ3) is 4.44. The Balaban J connectivity index is 1.98. The highest BCUT2D eigenvalue weighted by Crippen LogP contribution is 2.44. The zero-order chi connectivity index (χ0) is 24.6. The van der Waals surface area contributed by atoms with Crippen LogP contribution < -0.4 is 9.64 Å². The summed E-state index contributed by atoms with van der Waals surface area (Å²) in [5, 5.41) is 22.0. The van der Waals surface area contributed by atoms with Gasteiger partial charge >= 0.3 is 0 Å². The van der Waals surface area contributed by atoms with Crippen LogP contribution in [-0.2, 0) is 9.59 Å². The molecule has 0 spiro atoms. The van der Waals surface area contributed by atoms with Gasteiger partial charge in [-0.05, 0) is 61.0 Å². The summed E-state index contributed by atoms with van der Waals surface area (Å²) in [6, 6.07) is 14.1. The van der Waals surface area contributed by atoms with E-state index in [9.17, 15) is 19.8 Å². The molecular weight excluding hydrogens is 501 g/mol. The number of phenolic OH excluding ortho intramolecular Hbond substituents is 1. The van der Waals surface area contributed by atoms with Crippen molar-refractivity contribution in [2.75, 3.05) is 11.5 Å². The number of carbonyl (C=O) groups is 2. The number of aliphatic hydroxyl groups excluding tert-OH is 1. The number of Topliss-reactive ketones (excluding diaryl/α,β-unsaturated/α-hetero) is 1. The summed E-state index contributed by atoms with van der Waals surface area (Å²) in [6.07, 6.45) is 0. The van der Waals surface area contributed by atoms with Crippen molar-refractivity contribution in [2.24, 2.45) is 0 Å². The molecule has 174 valence electrons. The molecule has 1 saturated heterocycles. The van der Waals surface area contributed by atoms with Crippen LogP contribution in [0.5, 0.6) is 11.5 Å². The Hall–Kier alpha value is -3.19. The van der Waals surface area contributed by atoms with Gasteiger partial charge in [-0.2, -0.15) is 0 Å². The van der Waals surface area contributed by atoms with Gasteiger partial charge in [-0.3, -0.25) is 14.5 Å². The molecule has 9 heteroatoms. The minimum absolute atomic E-state index is 0.0800. The highest BCUT2D eigenvalue weighted by Gasteiger charge is 2.47. The second-order valence-corrected chi connectivity index (χ2v) is 8.75. The van der Waals surface area contributed by atoms with Crippen LogP contribution in [0.15, 0.2) is 66.2 Å². The Labute approximate surface area is 210 Å². The lowest BCUT2D eigenvalue weighted by Crippen LogP contribution is -2.29. The van der Waals surface area contributed by atoms with Crippen molar-refractivity contribution in [3.8, 4) is 11.5 Å². The lowest BCUT2D eigenvalue weighted by molar-refractivity contribution is -0.132. The van der Waals surface area contributed by atoms with Gasteiger partial charge in [-0.1, -0.05) is 46.9 Å². The number of benzene rings is 3. The molecule has 2 N–H and O–H groups in total. The summed E-state index contributed by atoms with van der Waals surface area (Å²) in [4.78, 5) is 27.7. The average Bonchev–Trinajstić information content (AvgIpc) is 3.05. The lowest BCUT2D eigenvalue weighted by Gasteiger charge is -2.26. The molecule has 1 unspecified atom stereocenters. The zero-order valence-corrected chi connectivity index (χ0v) is 20.0. The van der Waals surface area contributed by atoms with Gasteiger partial charge in [0.05, 0.1) is 23.2 Å².